The molecule has 2 atom stereocenters. The van der Waals surface area contributed by atoms with Gasteiger partial charge in [0.05, 0.1) is 12.2 Å². The highest BCUT2D eigenvalue weighted by Gasteiger charge is 2.12. The molecule has 0 spiro atoms. The summed E-state index contributed by atoms with van der Waals surface area (Å²) in [4.78, 5) is 0. The molecule has 0 amide bonds. The van der Waals surface area contributed by atoms with Gasteiger partial charge in [0, 0.05) is 0 Å². The largest absolute Gasteiger partial charge is 0.390 e. The van der Waals surface area contributed by atoms with Crippen LogP contribution in [0.4, 0.5) is 0 Å². The zero-order valence-electron chi connectivity index (χ0n) is 7.33. The molecular formula is C9H18O2. The Labute approximate surface area is 68.6 Å². The lowest BCUT2D eigenvalue weighted by molar-refractivity contribution is 0.0164. The van der Waals surface area contributed by atoms with Gasteiger partial charge in [0.2, 0.25) is 0 Å². The van der Waals surface area contributed by atoms with Gasteiger partial charge in [-0.15, -0.1) is 0 Å². The van der Waals surface area contributed by atoms with Crippen molar-refractivity contribution in [3.05, 3.63) is 12.2 Å². The molecule has 0 aromatic rings. The minimum atomic E-state index is -0.592. The Bertz CT molecular complexity index is 110. The third-order valence-electron chi connectivity index (χ3n) is 1.64. The van der Waals surface area contributed by atoms with Gasteiger partial charge in [0.1, 0.15) is 0 Å². The monoisotopic (exact) mass is 158 g/mol. The maximum Gasteiger partial charge on any atom is 0.0833 e. The van der Waals surface area contributed by atoms with E-state index >= 15 is 0 Å². The van der Waals surface area contributed by atoms with E-state index in [1.54, 1.807) is 0 Å². The summed E-state index contributed by atoms with van der Waals surface area (Å²) in [6.07, 6.45) is 4.73. The van der Waals surface area contributed by atoms with Crippen molar-refractivity contribution in [3.63, 3.8) is 0 Å². The third kappa shape index (κ3) is 4.99. The van der Waals surface area contributed by atoms with Crippen molar-refractivity contribution in [3.8, 4) is 0 Å². The number of hydrogen-bond donors (Lipinski definition) is 2. The van der Waals surface area contributed by atoms with Crippen LogP contribution in [0, 0.1) is 0 Å². The lowest BCUT2D eigenvalue weighted by Crippen LogP contribution is -2.24. The zero-order chi connectivity index (χ0) is 8.69. The van der Waals surface area contributed by atoms with Crippen molar-refractivity contribution in [1.29, 1.82) is 0 Å². The van der Waals surface area contributed by atoms with E-state index in [-0.39, 0.29) is 0 Å². The van der Waals surface area contributed by atoms with Crippen molar-refractivity contribution in [1.82, 2.24) is 0 Å². The molecule has 2 unspecified atom stereocenters. The van der Waals surface area contributed by atoms with E-state index in [4.69, 9.17) is 0 Å². The third-order valence-corrected chi connectivity index (χ3v) is 1.64. The van der Waals surface area contributed by atoms with Gasteiger partial charge >= 0.3 is 0 Å². The van der Waals surface area contributed by atoms with Crippen LogP contribution < -0.4 is 0 Å². The fourth-order valence-electron chi connectivity index (χ4n) is 0.921. The fourth-order valence-corrected chi connectivity index (χ4v) is 0.921. The van der Waals surface area contributed by atoms with Crippen molar-refractivity contribution in [2.24, 2.45) is 0 Å². The standard InChI is InChI=1S/C9H18O2/c1-3-5-7-9(11)8(10)6-4-2/h3,5,8-11H,4,6-7H2,1-2H3. The molecule has 66 valence electrons. The number of hydrogen-bond acceptors (Lipinski definition) is 2. The molecule has 0 aliphatic rings. The Balaban J connectivity index is 3.54. The van der Waals surface area contributed by atoms with Gasteiger partial charge in [-0.25, -0.2) is 0 Å². The van der Waals surface area contributed by atoms with E-state index < -0.39 is 12.2 Å². The summed E-state index contributed by atoms with van der Waals surface area (Å²) < 4.78 is 0. The Morgan fingerprint density at radius 2 is 1.91 bits per heavy atom. The summed E-state index contributed by atoms with van der Waals surface area (Å²) in [5, 5.41) is 18.5. The van der Waals surface area contributed by atoms with Crippen LogP contribution in [0.25, 0.3) is 0 Å². The summed E-state index contributed by atoms with van der Waals surface area (Å²) in [6.45, 7) is 3.89. The summed E-state index contributed by atoms with van der Waals surface area (Å²) in [6, 6.07) is 0. The zero-order valence-corrected chi connectivity index (χ0v) is 7.33. The van der Waals surface area contributed by atoms with Gasteiger partial charge in [0.25, 0.3) is 0 Å². The van der Waals surface area contributed by atoms with E-state index in [0.717, 1.165) is 6.42 Å². The molecule has 0 aliphatic heterocycles. The number of aliphatic hydroxyl groups is 2. The van der Waals surface area contributed by atoms with Crippen molar-refractivity contribution in [2.75, 3.05) is 0 Å². The van der Waals surface area contributed by atoms with E-state index in [1.165, 1.54) is 0 Å². The highest BCUT2D eigenvalue weighted by molar-refractivity contribution is 4.82. The Hall–Kier alpha value is -0.340. The topological polar surface area (TPSA) is 40.5 Å². The molecule has 2 nitrogen and oxygen atoms in total. The molecule has 0 aromatic heterocycles. The number of aliphatic hydroxyl groups excluding tert-OH is 2. The van der Waals surface area contributed by atoms with Gasteiger partial charge in [0.15, 0.2) is 0 Å². The molecule has 0 rings (SSSR count). The first-order valence-electron chi connectivity index (χ1n) is 4.19. The quantitative estimate of drug-likeness (QED) is 0.595. The lowest BCUT2D eigenvalue weighted by Gasteiger charge is -2.14. The summed E-state index contributed by atoms with van der Waals surface area (Å²) in [5.74, 6) is 0. The number of rotatable bonds is 5. The minimum absolute atomic E-state index is 0.553. The average Bonchev–Trinajstić information content (AvgIpc) is 2.00. The summed E-state index contributed by atoms with van der Waals surface area (Å²) in [5.41, 5.74) is 0. The lowest BCUT2D eigenvalue weighted by atomic mass is 10.1. The smallest absolute Gasteiger partial charge is 0.0833 e. The van der Waals surface area contributed by atoms with E-state index in [9.17, 15) is 10.2 Å². The molecule has 2 heteroatoms. The molecular weight excluding hydrogens is 140 g/mol. The first kappa shape index (κ1) is 10.7. The highest BCUT2D eigenvalue weighted by atomic mass is 16.3. The second kappa shape index (κ2) is 6.38. The van der Waals surface area contributed by atoms with Crippen LogP contribution in [0.1, 0.15) is 33.1 Å². The summed E-state index contributed by atoms with van der Waals surface area (Å²) in [7, 11) is 0. The van der Waals surface area contributed by atoms with Crippen LogP contribution >= 0.6 is 0 Å². The normalized spacial score (nSPS) is 17.1. The van der Waals surface area contributed by atoms with Crippen LogP contribution in [0.15, 0.2) is 12.2 Å². The van der Waals surface area contributed by atoms with Crippen LogP contribution in [0.5, 0.6) is 0 Å². The van der Waals surface area contributed by atoms with Gasteiger partial charge in [-0.2, -0.15) is 0 Å². The second-order valence-corrected chi connectivity index (χ2v) is 2.73. The van der Waals surface area contributed by atoms with E-state index in [2.05, 4.69) is 0 Å². The van der Waals surface area contributed by atoms with Gasteiger partial charge in [-0.3, -0.25) is 0 Å². The highest BCUT2D eigenvalue weighted by Crippen LogP contribution is 2.05. The van der Waals surface area contributed by atoms with Gasteiger partial charge in [-0.1, -0.05) is 25.5 Å². The van der Waals surface area contributed by atoms with E-state index in [1.807, 2.05) is 26.0 Å². The second-order valence-electron chi connectivity index (χ2n) is 2.73. The SMILES string of the molecule is CC=CCC(O)C(O)CCC. The first-order chi connectivity index (χ1) is 5.22. The fraction of sp³-hybridized carbons (Fsp3) is 0.778. The maximum absolute atomic E-state index is 9.28. The molecule has 0 aromatic carbocycles. The van der Waals surface area contributed by atoms with Crippen LogP contribution in [-0.2, 0) is 0 Å². The molecule has 0 bridgehead atoms. The van der Waals surface area contributed by atoms with Crippen LogP contribution in [-0.4, -0.2) is 22.4 Å². The average molecular weight is 158 g/mol. The van der Waals surface area contributed by atoms with Gasteiger partial charge in [-0.05, 0) is 19.8 Å². The predicted octanol–water partition coefficient (Wildman–Crippen LogP) is 1.47. The van der Waals surface area contributed by atoms with Gasteiger partial charge < -0.3 is 10.2 Å². The predicted molar refractivity (Wildman–Crippen MR) is 46.4 cm³/mol. The molecule has 0 radical (unpaired) electrons. The minimum Gasteiger partial charge on any atom is -0.390 e. The molecule has 0 fully saturated rings. The Morgan fingerprint density at radius 1 is 1.27 bits per heavy atom. The van der Waals surface area contributed by atoms with Crippen LogP contribution in [0.2, 0.25) is 0 Å². The maximum atomic E-state index is 9.28. The molecule has 0 saturated heterocycles. The molecule has 0 heterocycles. The number of allylic oxidation sites excluding steroid dienone is 1. The Kier molecular flexibility index (Phi) is 6.18. The van der Waals surface area contributed by atoms with Crippen molar-refractivity contribution in [2.45, 2.75) is 45.3 Å². The molecule has 0 saturated carbocycles. The summed E-state index contributed by atoms with van der Waals surface area (Å²) >= 11 is 0. The molecule has 11 heavy (non-hydrogen) atoms. The van der Waals surface area contributed by atoms with Crippen molar-refractivity contribution < 1.29 is 10.2 Å². The molecule has 2 N–H and O–H groups in total. The van der Waals surface area contributed by atoms with Crippen molar-refractivity contribution >= 4 is 0 Å². The molecule has 0 aliphatic carbocycles. The van der Waals surface area contributed by atoms with Crippen LogP contribution in [0.3, 0.4) is 0 Å². The first-order valence-corrected chi connectivity index (χ1v) is 4.19. The Morgan fingerprint density at radius 3 is 2.36 bits per heavy atom. The van der Waals surface area contributed by atoms with E-state index in [0.29, 0.717) is 12.8 Å².